The molecule has 1 N–H and O–H groups in total. The largest absolute Gasteiger partial charge is 0.464 e. The van der Waals surface area contributed by atoms with Crippen LogP contribution in [0.25, 0.3) is 11.3 Å². The highest BCUT2D eigenvalue weighted by atomic mass is 19.1. The second-order valence-electron chi connectivity index (χ2n) is 6.81. The first kappa shape index (κ1) is 17.5. The zero-order valence-electron chi connectivity index (χ0n) is 15.2. The third kappa shape index (κ3) is 3.53. The average molecular weight is 367 g/mol. The van der Waals surface area contributed by atoms with Gasteiger partial charge in [-0.2, -0.15) is 0 Å². The highest BCUT2D eigenvalue weighted by Gasteiger charge is 2.27. The Morgan fingerprint density at radius 2 is 1.93 bits per heavy atom. The summed E-state index contributed by atoms with van der Waals surface area (Å²) in [7, 11) is 0. The molecule has 1 aromatic carbocycles. The quantitative estimate of drug-likeness (QED) is 0.770. The Labute approximate surface area is 157 Å². The molecule has 6 heteroatoms. The molecular formula is C21H22FN3O2. The van der Waals surface area contributed by atoms with Crippen LogP contribution in [0.1, 0.15) is 21.6 Å². The summed E-state index contributed by atoms with van der Waals surface area (Å²) < 4.78 is 20.8. The number of benzene rings is 1. The van der Waals surface area contributed by atoms with Gasteiger partial charge >= 0.3 is 0 Å². The predicted molar refractivity (Wildman–Crippen MR) is 101 cm³/mol. The number of hydrogen-bond donors (Lipinski definition) is 1. The Bertz CT molecular complexity index is 923. The number of furan rings is 1. The number of piperazine rings is 1. The molecule has 4 rings (SSSR count). The first-order chi connectivity index (χ1) is 13.1. The van der Waals surface area contributed by atoms with Crippen molar-refractivity contribution in [3.05, 3.63) is 71.5 Å². The van der Waals surface area contributed by atoms with Crippen molar-refractivity contribution in [1.82, 2.24) is 14.8 Å². The number of hydrogen-bond acceptors (Lipinski definition) is 3. The van der Waals surface area contributed by atoms with Crippen LogP contribution in [0.3, 0.4) is 0 Å². The Morgan fingerprint density at radius 1 is 1.19 bits per heavy atom. The molecule has 1 fully saturated rings. The molecular weight excluding hydrogens is 345 g/mol. The lowest BCUT2D eigenvalue weighted by molar-refractivity contribution is 0.0726. The topological polar surface area (TPSA) is 50.4 Å². The zero-order valence-corrected chi connectivity index (χ0v) is 15.2. The normalized spacial score (nSPS) is 14.5. The third-order valence-electron chi connectivity index (χ3n) is 4.91. The van der Waals surface area contributed by atoms with E-state index in [1.54, 1.807) is 18.4 Å². The van der Waals surface area contributed by atoms with Gasteiger partial charge in [-0.25, -0.2) is 4.39 Å². The van der Waals surface area contributed by atoms with Crippen molar-refractivity contribution in [1.29, 1.82) is 0 Å². The summed E-state index contributed by atoms with van der Waals surface area (Å²) >= 11 is 0. The van der Waals surface area contributed by atoms with Crippen molar-refractivity contribution < 1.29 is 13.6 Å². The van der Waals surface area contributed by atoms with Crippen molar-refractivity contribution in [3.63, 3.8) is 0 Å². The van der Waals surface area contributed by atoms with Crippen molar-refractivity contribution in [2.24, 2.45) is 0 Å². The van der Waals surface area contributed by atoms with E-state index in [0.717, 1.165) is 29.8 Å². The summed E-state index contributed by atoms with van der Waals surface area (Å²) in [5.41, 5.74) is 3.36. The van der Waals surface area contributed by atoms with Gasteiger partial charge in [-0.3, -0.25) is 4.79 Å². The molecule has 1 saturated heterocycles. The Morgan fingerprint density at radius 3 is 2.59 bits per heavy atom. The monoisotopic (exact) mass is 367 g/mol. The van der Waals surface area contributed by atoms with Gasteiger partial charge in [0.2, 0.25) is 0 Å². The van der Waals surface area contributed by atoms with Crippen LogP contribution in [0.2, 0.25) is 0 Å². The number of carbonyl (C=O) groups is 1. The van der Waals surface area contributed by atoms with E-state index in [0.29, 0.717) is 31.1 Å². The summed E-state index contributed by atoms with van der Waals surface area (Å²) in [6.45, 7) is 5.41. The minimum Gasteiger partial charge on any atom is -0.464 e. The van der Waals surface area contributed by atoms with E-state index in [-0.39, 0.29) is 11.7 Å². The van der Waals surface area contributed by atoms with E-state index < -0.39 is 0 Å². The van der Waals surface area contributed by atoms with Crippen molar-refractivity contribution >= 4 is 5.91 Å². The second-order valence-corrected chi connectivity index (χ2v) is 6.81. The van der Waals surface area contributed by atoms with Crippen molar-refractivity contribution in [3.8, 4) is 11.3 Å². The highest BCUT2D eigenvalue weighted by molar-refractivity contribution is 6.00. The number of halogens is 1. The second kappa shape index (κ2) is 7.40. The molecule has 5 nitrogen and oxygen atoms in total. The van der Waals surface area contributed by atoms with Crippen LogP contribution in [0.15, 0.2) is 53.3 Å². The first-order valence-electron chi connectivity index (χ1n) is 9.11. The van der Waals surface area contributed by atoms with Crippen LogP contribution in [-0.2, 0) is 6.54 Å². The van der Waals surface area contributed by atoms with E-state index in [9.17, 15) is 9.18 Å². The highest BCUT2D eigenvalue weighted by Crippen LogP contribution is 2.31. The lowest BCUT2D eigenvalue weighted by Crippen LogP contribution is -2.47. The van der Waals surface area contributed by atoms with Gasteiger partial charge in [0.25, 0.3) is 5.91 Å². The summed E-state index contributed by atoms with van der Waals surface area (Å²) in [5, 5.41) is 3.27. The van der Waals surface area contributed by atoms with E-state index in [1.165, 1.54) is 12.1 Å². The number of nitrogens with one attached hydrogen (secondary N) is 1. The molecule has 3 aromatic rings. The Hall–Kier alpha value is -2.86. The standard InChI is InChI=1S/C21H22FN3O2/c1-15-13-25(14-16-4-6-17(22)7-5-16)20(19(15)18-3-2-12-27-18)21(26)24-10-8-23-9-11-24/h2-7,12-13,23H,8-11,14H2,1H3. The average Bonchev–Trinajstić information content (AvgIpc) is 3.31. The number of nitrogens with zero attached hydrogens (tertiary/aromatic N) is 2. The SMILES string of the molecule is Cc1cn(Cc2ccc(F)cc2)c(C(=O)N2CCNCC2)c1-c1ccco1. The molecule has 0 saturated carbocycles. The molecule has 1 amide bonds. The molecule has 1 aliphatic rings. The van der Waals surface area contributed by atoms with Gasteiger partial charge in [0.15, 0.2) is 0 Å². The van der Waals surface area contributed by atoms with Crippen LogP contribution >= 0.6 is 0 Å². The molecule has 2 aromatic heterocycles. The number of aryl methyl sites for hydroxylation is 1. The molecule has 140 valence electrons. The van der Waals surface area contributed by atoms with E-state index in [4.69, 9.17) is 4.42 Å². The van der Waals surface area contributed by atoms with Gasteiger partial charge in [0.1, 0.15) is 17.3 Å². The fourth-order valence-corrected chi connectivity index (χ4v) is 3.58. The molecule has 27 heavy (non-hydrogen) atoms. The lowest BCUT2D eigenvalue weighted by Gasteiger charge is -2.28. The molecule has 0 atom stereocenters. The number of amides is 1. The fourth-order valence-electron chi connectivity index (χ4n) is 3.58. The van der Waals surface area contributed by atoms with E-state index >= 15 is 0 Å². The molecule has 0 spiro atoms. The molecule has 0 bridgehead atoms. The molecule has 0 unspecified atom stereocenters. The molecule has 0 aliphatic carbocycles. The van der Waals surface area contributed by atoms with Crippen molar-refractivity contribution in [2.45, 2.75) is 13.5 Å². The van der Waals surface area contributed by atoms with Gasteiger partial charge in [-0.15, -0.1) is 0 Å². The number of aromatic nitrogens is 1. The van der Waals surface area contributed by atoms with Gasteiger partial charge in [-0.1, -0.05) is 12.1 Å². The summed E-state index contributed by atoms with van der Waals surface area (Å²) in [4.78, 5) is 15.2. The van der Waals surface area contributed by atoms with E-state index in [2.05, 4.69) is 5.32 Å². The summed E-state index contributed by atoms with van der Waals surface area (Å²) in [6, 6.07) is 10.1. The smallest absolute Gasteiger partial charge is 0.271 e. The maximum absolute atomic E-state index is 13.4. The third-order valence-corrected chi connectivity index (χ3v) is 4.91. The minimum absolute atomic E-state index is 0.00175. The maximum Gasteiger partial charge on any atom is 0.271 e. The van der Waals surface area contributed by atoms with Gasteiger partial charge in [-0.05, 0) is 42.3 Å². The number of carbonyl (C=O) groups excluding carboxylic acids is 1. The summed E-state index contributed by atoms with van der Waals surface area (Å²) in [5.74, 6) is 0.415. The summed E-state index contributed by atoms with van der Waals surface area (Å²) in [6.07, 6.45) is 3.59. The van der Waals surface area contributed by atoms with Crippen LogP contribution in [0, 0.1) is 12.7 Å². The fraction of sp³-hybridized carbons (Fsp3) is 0.286. The van der Waals surface area contributed by atoms with E-state index in [1.807, 2.05) is 34.7 Å². The molecule has 1 aliphatic heterocycles. The minimum atomic E-state index is -0.268. The predicted octanol–water partition coefficient (Wildman–Crippen LogP) is 3.29. The zero-order chi connectivity index (χ0) is 18.8. The number of rotatable bonds is 4. The molecule has 0 radical (unpaired) electrons. The van der Waals surface area contributed by atoms with Crippen LogP contribution in [0.5, 0.6) is 0 Å². The van der Waals surface area contributed by atoms with Gasteiger partial charge in [0, 0.05) is 38.9 Å². The Kier molecular flexibility index (Phi) is 4.81. The maximum atomic E-state index is 13.4. The van der Waals surface area contributed by atoms with Gasteiger partial charge < -0.3 is 19.2 Å². The van der Waals surface area contributed by atoms with Crippen LogP contribution in [-0.4, -0.2) is 41.6 Å². The molecule has 3 heterocycles. The lowest BCUT2D eigenvalue weighted by atomic mass is 10.1. The van der Waals surface area contributed by atoms with Gasteiger partial charge in [0.05, 0.1) is 11.8 Å². The Balaban J connectivity index is 1.77. The van der Waals surface area contributed by atoms with Crippen LogP contribution in [0.4, 0.5) is 4.39 Å². The first-order valence-corrected chi connectivity index (χ1v) is 9.11. The van der Waals surface area contributed by atoms with Crippen LogP contribution < -0.4 is 5.32 Å². The van der Waals surface area contributed by atoms with Crippen molar-refractivity contribution in [2.75, 3.05) is 26.2 Å².